The third kappa shape index (κ3) is 6.60. The number of hydrogen-bond acceptors (Lipinski definition) is 5. The maximum Gasteiger partial charge on any atom is 0.347 e. The Bertz CT molecular complexity index is 254. The van der Waals surface area contributed by atoms with Crippen LogP contribution >= 0.6 is 0 Å². The topological polar surface area (TPSA) is 64.6 Å². The highest BCUT2D eigenvalue weighted by molar-refractivity contribution is 6.13. The Balaban J connectivity index is 4.48. The van der Waals surface area contributed by atoms with Crippen molar-refractivity contribution in [1.82, 2.24) is 5.32 Å². The van der Waals surface area contributed by atoms with E-state index in [1.165, 1.54) is 6.20 Å². The number of rotatable bonds is 8. The second kappa shape index (κ2) is 9.69. The van der Waals surface area contributed by atoms with E-state index in [0.29, 0.717) is 6.54 Å². The van der Waals surface area contributed by atoms with Gasteiger partial charge in [0.25, 0.3) is 0 Å². The first-order valence-electron chi connectivity index (χ1n) is 5.95. The lowest BCUT2D eigenvalue weighted by atomic mass is 10.3. The lowest BCUT2D eigenvalue weighted by molar-refractivity contribution is -0.146. The Labute approximate surface area is 102 Å². The largest absolute Gasteiger partial charge is 0.462 e. The molecule has 0 bridgehead atoms. The fraction of sp³-hybridized carbons (Fsp3) is 0.667. The van der Waals surface area contributed by atoms with Crippen LogP contribution in [0.4, 0.5) is 0 Å². The molecule has 0 aliphatic rings. The Hall–Kier alpha value is -1.52. The van der Waals surface area contributed by atoms with Crippen LogP contribution in [0.2, 0.25) is 0 Å². The molecule has 5 heteroatoms. The highest BCUT2D eigenvalue weighted by atomic mass is 16.6. The number of unbranched alkanes of at least 4 members (excludes halogenated alkanes) is 1. The minimum atomic E-state index is -0.657. The predicted molar refractivity (Wildman–Crippen MR) is 64.3 cm³/mol. The standard InChI is InChI=1S/C12H21NO4/c1-4-7-8-13-9-10(11(14)16-5-2)12(15)17-6-3/h9,13H,4-8H2,1-3H3. The molecular formula is C12H21NO4. The summed E-state index contributed by atoms with van der Waals surface area (Å²) in [6.45, 7) is 6.59. The van der Waals surface area contributed by atoms with E-state index in [9.17, 15) is 9.59 Å². The van der Waals surface area contributed by atoms with Gasteiger partial charge in [-0.2, -0.15) is 0 Å². The third-order valence-corrected chi connectivity index (χ3v) is 1.91. The van der Waals surface area contributed by atoms with E-state index in [2.05, 4.69) is 12.2 Å². The molecule has 0 aliphatic carbocycles. The van der Waals surface area contributed by atoms with Crippen LogP contribution in [0.15, 0.2) is 11.8 Å². The maximum atomic E-state index is 11.5. The summed E-state index contributed by atoms with van der Waals surface area (Å²) < 4.78 is 9.56. The van der Waals surface area contributed by atoms with Gasteiger partial charge in [-0.25, -0.2) is 9.59 Å². The van der Waals surface area contributed by atoms with Crippen molar-refractivity contribution < 1.29 is 19.1 Å². The number of ether oxygens (including phenoxy) is 2. The summed E-state index contributed by atoms with van der Waals surface area (Å²) in [6, 6.07) is 0. The van der Waals surface area contributed by atoms with Gasteiger partial charge in [0, 0.05) is 12.7 Å². The first-order chi connectivity index (χ1) is 8.17. The second-order valence-electron chi connectivity index (χ2n) is 3.31. The molecule has 5 nitrogen and oxygen atoms in total. The molecule has 0 aromatic carbocycles. The molecule has 0 spiro atoms. The Morgan fingerprint density at radius 2 is 1.59 bits per heavy atom. The normalized spacial score (nSPS) is 9.35. The lowest BCUT2D eigenvalue weighted by Gasteiger charge is -2.07. The van der Waals surface area contributed by atoms with Gasteiger partial charge >= 0.3 is 11.9 Å². The summed E-state index contributed by atoms with van der Waals surface area (Å²) in [5.41, 5.74) is -0.0928. The van der Waals surface area contributed by atoms with Gasteiger partial charge in [0.15, 0.2) is 5.57 Å². The van der Waals surface area contributed by atoms with Crippen molar-refractivity contribution >= 4 is 11.9 Å². The van der Waals surface area contributed by atoms with E-state index in [1.54, 1.807) is 13.8 Å². The number of carbonyl (C=O) groups excluding carboxylic acids is 2. The van der Waals surface area contributed by atoms with Gasteiger partial charge in [-0.1, -0.05) is 13.3 Å². The molecule has 17 heavy (non-hydrogen) atoms. The Morgan fingerprint density at radius 1 is 1.06 bits per heavy atom. The molecule has 0 unspecified atom stereocenters. The average molecular weight is 243 g/mol. The molecule has 98 valence electrons. The molecule has 0 aromatic rings. The lowest BCUT2D eigenvalue weighted by Crippen LogP contribution is -2.21. The van der Waals surface area contributed by atoms with Crippen LogP contribution in [-0.4, -0.2) is 31.7 Å². The van der Waals surface area contributed by atoms with Crippen molar-refractivity contribution in [2.75, 3.05) is 19.8 Å². The minimum Gasteiger partial charge on any atom is -0.462 e. The molecule has 1 N–H and O–H groups in total. The summed E-state index contributed by atoms with van der Waals surface area (Å²) in [6.07, 6.45) is 3.37. The summed E-state index contributed by atoms with van der Waals surface area (Å²) in [7, 11) is 0. The van der Waals surface area contributed by atoms with Crippen LogP contribution < -0.4 is 5.32 Å². The van der Waals surface area contributed by atoms with Crippen LogP contribution in [0.3, 0.4) is 0 Å². The van der Waals surface area contributed by atoms with Crippen LogP contribution in [0, 0.1) is 0 Å². The molecule has 0 aromatic heterocycles. The Kier molecular flexibility index (Phi) is 8.82. The predicted octanol–water partition coefficient (Wildman–Crippen LogP) is 1.39. The molecule has 0 saturated carbocycles. The molecule has 0 heterocycles. The number of carbonyl (C=O) groups is 2. The van der Waals surface area contributed by atoms with Gasteiger partial charge in [0.2, 0.25) is 0 Å². The van der Waals surface area contributed by atoms with Crippen molar-refractivity contribution in [2.45, 2.75) is 33.6 Å². The zero-order valence-corrected chi connectivity index (χ0v) is 10.7. The summed E-state index contributed by atoms with van der Waals surface area (Å²) in [5.74, 6) is -1.31. The SMILES string of the molecule is CCCCNC=C(C(=O)OCC)C(=O)OCC. The summed E-state index contributed by atoms with van der Waals surface area (Å²) in [4.78, 5) is 23.0. The van der Waals surface area contributed by atoms with Crippen molar-refractivity contribution in [3.63, 3.8) is 0 Å². The monoisotopic (exact) mass is 243 g/mol. The molecule has 0 rings (SSSR count). The molecular weight excluding hydrogens is 222 g/mol. The van der Waals surface area contributed by atoms with Crippen LogP contribution in [-0.2, 0) is 19.1 Å². The van der Waals surface area contributed by atoms with Crippen LogP contribution in [0.25, 0.3) is 0 Å². The quantitative estimate of drug-likeness (QED) is 0.229. The fourth-order valence-corrected chi connectivity index (χ4v) is 1.07. The van der Waals surface area contributed by atoms with Gasteiger partial charge in [0.1, 0.15) is 0 Å². The Morgan fingerprint density at radius 3 is 2.00 bits per heavy atom. The van der Waals surface area contributed by atoms with Crippen molar-refractivity contribution in [3.05, 3.63) is 11.8 Å². The van der Waals surface area contributed by atoms with Gasteiger partial charge in [-0.3, -0.25) is 0 Å². The van der Waals surface area contributed by atoms with E-state index in [-0.39, 0.29) is 18.8 Å². The molecule has 0 saturated heterocycles. The fourth-order valence-electron chi connectivity index (χ4n) is 1.07. The first kappa shape index (κ1) is 15.5. The molecule has 0 amide bonds. The van der Waals surface area contributed by atoms with Crippen LogP contribution in [0.1, 0.15) is 33.6 Å². The van der Waals surface area contributed by atoms with Crippen LogP contribution in [0.5, 0.6) is 0 Å². The summed E-state index contributed by atoms with van der Waals surface area (Å²) >= 11 is 0. The second-order valence-corrected chi connectivity index (χ2v) is 3.31. The van der Waals surface area contributed by atoms with Gasteiger partial charge in [-0.15, -0.1) is 0 Å². The molecule has 0 fully saturated rings. The third-order valence-electron chi connectivity index (χ3n) is 1.91. The van der Waals surface area contributed by atoms with E-state index < -0.39 is 11.9 Å². The van der Waals surface area contributed by atoms with Crippen molar-refractivity contribution in [2.24, 2.45) is 0 Å². The average Bonchev–Trinajstić information content (AvgIpc) is 2.29. The van der Waals surface area contributed by atoms with Crippen molar-refractivity contribution in [3.8, 4) is 0 Å². The maximum absolute atomic E-state index is 11.5. The number of hydrogen-bond donors (Lipinski definition) is 1. The zero-order chi connectivity index (χ0) is 13.1. The van der Waals surface area contributed by atoms with E-state index >= 15 is 0 Å². The van der Waals surface area contributed by atoms with Gasteiger partial charge < -0.3 is 14.8 Å². The highest BCUT2D eigenvalue weighted by Crippen LogP contribution is 2.01. The molecule has 0 atom stereocenters. The minimum absolute atomic E-state index is 0.0928. The van der Waals surface area contributed by atoms with E-state index in [1.807, 2.05) is 0 Å². The smallest absolute Gasteiger partial charge is 0.347 e. The van der Waals surface area contributed by atoms with Crippen molar-refractivity contribution in [1.29, 1.82) is 0 Å². The highest BCUT2D eigenvalue weighted by Gasteiger charge is 2.20. The first-order valence-corrected chi connectivity index (χ1v) is 5.95. The van der Waals surface area contributed by atoms with Gasteiger partial charge in [-0.05, 0) is 20.3 Å². The number of esters is 2. The van der Waals surface area contributed by atoms with Gasteiger partial charge in [0.05, 0.1) is 13.2 Å². The molecule has 0 radical (unpaired) electrons. The summed E-state index contributed by atoms with van der Waals surface area (Å²) in [5, 5.41) is 2.90. The molecule has 0 aliphatic heterocycles. The number of nitrogens with one attached hydrogen (secondary N) is 1. The van der Waals surface area contributed by atoms with E-state index in [0.717, 1.165) is 12.8 Å². The zero-order valence-electron chi connectivity index (χ0n) is 10.7. The van der Waals surface area contributed by atoms with E-state index in [4.69, 9.17) is 9.47 Å².